The van der Waals surface area contributed by atoms with E-state index in [1.165, 1.54) is 6.92 Å². The molecule has 0 radical (unpaired) electrons. The Kier molecular flexibility index (Phi) is 4.38. The average Bonchev–Trinajstić information content (AvgIpc) is 2.25. The molecule has 1 rings (SSSR count). The molecular formula is C18H28O2. The van der Waals surface area contributed by atoms with Crippen LogP contribution in [0.25, 0.3) is 0 Å². The van der Waals surface area contributed by atoms with Gasteiger partial charge in [-0.3, -0.25) is 4.79 Å². The number of ether oxygens (including phenoxy) is 1. The van der Waals surface area contributed by atoms with Gasteiger partial charge in [-0.05, 0) is 22.5 Å². The third-order valence-electron chi connectivity index (χ3n) is 3.81. The normalized spacial score (nSPS) is 26.9. The Morgan fingerprint density at radius 3 is 2.20 bits per heavy atom. The molecule has 0 saturated carbocycles. The molecule has 0 aromatic heterocycles. The first kappa shape index (κ1) is 16.7. The first-order valence-electron chi connectivity index (χ1n) is 7.18. The second kappa shape index (κ2) is 5.23. The van der Waals surface area contributed by atoms with E-state index >= 15 is 0 Å². The van der Waals surface area contributed by atoms with Crippen molar-refractivity contribution >= 4 is 5.97 Å². The van der Waals surface area contributed by atoms with E-state index in [9.17, 15) is 4.79 Å². The van der Waals surface area contributed by atoms with Crippen LogP contribution in [0.1, 0.15) is 48.5 Å². The summed E-state index contributed by atoms with van der Waals surface area (Å²) in [6, 6.07) is 0. The van der Waals surface area contributed by atoms with Gasteiger partial charge in [-0.25, -0.2) is 0 Å². The lowest BCUT2D eigenvalue weighted by Gasteiger charge is -2.49. The molecule has 0 bridgehead atoms. The van der Waals surface area contributed by atoms with Gasteiger partial charge >= 0.3 is 5.97 Å². The zero-order valence-corrected chi connectivity index (χ0v) is 13.9. The lowest BCUT2D eigenvalue weighted by atomic mass is 9.61. The highest BCUT2D eigenvalue weighted by Crippen LogP contribution is 2.50. The van der Waals surface area contributed by atoms with Crippen LogP contribution in [0.15, 0.2) is 36.5 Å². The van der Waals surface area contributed by atoms with E-state index in [2.05, 4.69) is 66.3 Å². The van der Waals surface area contributed by atoms with Crippen LogP contribution in [0.2, 0.25) is 0 Å². The van der Waals surface area contributed by atoms with Gasteiger partial charge in [-0.15, -0.1) is 0 Å². The van der Waals surface area contributed by atoms with Gasteiger partial charge in [0.2, 0.25) is 0 Å². The van der Waals surface area contributed by atoms with Crippen LogP contribution in [0.5, 0.6) is 0 Å². The van der Waals surface area contributed by atoms with Crippen LogP contribution in [-0.2, 0) is 9.53 Å². The zero-order valence-electron chi connectivity index (χ0n) is 13.9. The Balaban J connectivity index is 3.51. The van der Waals surface area contributed by atoms with Gasteiger partial charge in [0.25, 0.3) is 0 Å². The van der Waals surface area contributed by atoms with Crippen LogP contribution >= 0.6 is 0 Å². The molecule has 1 aliphatic rings. The minimum atomic E-state index is -0.767. The largest absolute Gasteiger partial charge is 0.450 e. The van der Waals surface area contributed by atoms with Gasteiger partial charge in [-0.1, -0.05) is 66.3 Å². The van der Waals surface area contributed by atoms with Crippen molar-refractivity contribution in [3.63, 3.8) is 0 Å². The number of esters is 1. The van der Waals surface area contributed by atoms with Gasteiger partial charge in [0.05, 0.1) is 0 Å². The Morgan fingerprint density at radius 1 is 1.30 bits per heavy atom. The second-order valence-corrected chi connectivity index (χ2v) is 7.65. The molecule has 2 atom stereocenters. The van der Waals surface area contributed by atoms with Crippen LogP contribution in [0.3, 0.4) is 0 Å². The molecule has 0 spiro atoms. The van der Waals surface area contributed by atoms with E-state index in [1.807, 2.05) is 0 Å². The highest BCUT2D eigenvalue weighted by atomic mass is 16.6. The maximum atomic E-state index is 11.7. The quantitative estimate of drug-likeness (QED) is 0.541. The van der Waals surface area contributed by atoms with Gasteiger partial charge in [0.15, 0.2) is 5.60 Å². The standard InChI is InChI=1S/C18H28O2/c1-9-18(20-13(2)19)14(16(3,4)5)11-10-12-15(18)17(6,7)8/h9-12,14H,1H2,2-8H3. The number of allylic oxidation sites excluding steroid dienone is 2. The van der Waals surface area contributed by atoms with Gasteiger partial charge in [0.1, 0.15) is 0 Å². The maximum Gasteiger partial charge on any atom is 0.303 e. The number of rotatable bonds is 2. The first-order chi connectivity index (χ1) is 8.95. The minimum absolute atomic E-state index is 0.0368. The van der Waals surface area contributed by atoms with Crippen LogP contribution < -0.4 is 0 Å². The topological polar surface area (TPSA) is 26.3 Å². The van der Waals surface area contributed by atoms with E-state index in [1.54, 1.807) is 6.08 Å². The molecule has 2 heteroatoms. The molecular weight excluding hydrogens is 248 g/mol. The molecule has 0 aromatic rings. The third-order valence-corrected chi connectivity index (χ3v) is 3.81. The van der Waals surface area contributed by atoms with Crippen molar-refractivity contribution < 1.29 is 9.53 Å². The van der Waals surface area contributed by atoms with Crippen molar-refractivity contribution in [2.24, 2.45) is 16.7 Å². The molecule has 20 heavy (non-hydrogen) atoms. The van der Waals surface area contributed by atoms with Crippen LogP contribution in [-0.4, -0.2) is 11.6 Å². The van der Waals surface area contributed by atoms with E-state index in [-0.39, 0.29) is 22.7 Å². The molecule has 0 heterocycles. The maximum absolute atomic E-state index is 11.7. The van der Waals surface area contributed by atoms with Crippen molar-refractivity contribution in [1.29, 1.82) is 0 Å². The number of carbonyl (C=O) groups is 1. The molecule has 2 unspecified atom stereocenters. The smallest absolute Gasteiger partial charge is 0.303 e. The Hall–Kier alpha value is -1.31. The van der Waals surface area contributed by atoms with E-state index in [0.29, 0.717) is 0 Å². The summed E-state index contributed by atoms with van der Waals surface area (Å²) < 4.78 is 5.83. The van der Waals surface area contributed by atoms with Crippen molar-refractivity contribution in [3.05, 3.63) is 36.5 Å². The predicted octanol–water partition coefficient (Wildman–Crippen LogP) is 4.68. The van der Waals surface area contributed by atoms with Crippen molar-refractivity contribution in [2.45, 2.75) is 54.1 Å². The lowest BCUT2D eigenvalue weighted by Crippen LogP contribution is -2.50. The fraction of sp³-hybridized carbons (Fsp3) is 0.611. The fourth-order valence-electron chi connectivity index (χ4n) is 3.11. The molecule has 0 N–H and O–H groups in total. The van der Waals surface area contributed by atoms with Gasteiger partial charge in [0, 0.05) is 12.8 Å². The fourth-order valence-corrected chi connectivity index (χ4v) is 3.11. The molecule has 0 fully saturated rings. The third kappa shape index (κ3) is 3.05. The van der Waals surface area contributed by atoms with Gasteiger partial charge < -0.3 is 4.74 Å². The lowest BCUT2D eigenvalue weighted by molar-refractivity contribution is -0.156. The predicted molar refractivity (Wildman–Crippen MR) is 84.3 cm³/mol. The Labute approximate surface area is 123 Å². The van der Waals surface area contributed by atoms with Crippen molar-refractivity contribution in [2.75, 3.05) is 0 Å². The van der Waals surface area contributed by atoms with Crippen molar-refractivity contribution in [3.8, 4) is 0 Å². The summed E-state index contributed by atoms with van der Waals surface area (Å²) in [4.78, 5) is 11.7. The number of carbonyl (C=O) groups excluding carboxylic acids is 1. The minimum Gasteiger partial charge on any atom is -0.450 e. The van der Waals surface area contributed by atoms with Crippen molar-refractivity contribution in [1.82, 2.24) is 0 Å². The molecule has 0 saturated heterocycles. The highest BCUT2D eigenvalue weighted by molar-refractivity contribution is 5.68. The van der Waals surface area contributed by atoms with E-state index in [0.717, 1.165) is 5.57 Å². The molecule has 0 amide bonds. The van der Waals surface area contributed by atoms with Crippen LogP contribution in [0, 0.1) is 16.7 Å². The summed E-state index contributed by atoms with van der Waals surface area (Å²) in [6.45, 7) is 18.3. The molecule has 2 nitrogen and oxygen atoms in total. The van der Waals surface area contributed by atoms with E-state index in [4.69, 9.17) is 4.74 Å². The SMILES string of the molecule is C=CC1(OC(C)=O)C(C(C)(C)C)=CC=CC1C(C)(C)C. The molecule has 0 aromatic carbocycles. The van der Waals surface area contributed by atoms with Crippen LogP contribution in [0.4, 0.5) is 0 Å². The molecule has 0 aliphatic heterocycles. The summed E-state index contributed by atoms with van der Waals surface area (Å²) in [5.41, 5.74) is 0.192. The zero-order chi connectivity index (χ0) is 15.8. The molecule has 1 aliphatic carbocycles. The summed E-state index contributed by atoms with van der Waals surface area (Å²) in [7, 11) is 0. The second-order valence-electron chi connectivity index (χ2n) is 7.65. The highest BCUT2D eigenvalue weighted by Gasteiger charge is 2.50. The summed E-state index contributed by atoms with van der Waals surface area (Å²) in [5, 5.41) is 0. The summed E-state index contributed by atoms with van der Waals surface area (Å²) in [5.74, 6) is -0.208. The Bertz CT molecular complexity index is 455. The van der Waals surface area contributed by atoms with E-state index < -0.39 is 5.60 Å². The summed E-state index contributed by atoms with van der Waals surface area (Å²) in [6.07, 6.45) is 8.05. The summed E-state index contributed by atoms with van der Waals surface area (Å²) >= 11 is 0. The van der Waals surface area contributed by atoms with Gasteiger partial charge in [-0.2, -0.15) is 0 Å². The monoisotopic (exact) mass is 276 g/mol. The first-order valence-corrected chi connectivity index (χ1v) is 7.18. The number of hydrogen-bond acceptors (Lipinski definition) is 2. The molecule has 112 valence electrons. The number of hydrogen-bond donors (Lipinski definition) is 0. The average molecular weight is 276 g/mol. The Morgan fingerprint density at radius 2 is 1.85 bits per heavy atom.